The molecule has 5 heterocycles. The minimum absolute atomic E-state index is 0.0422. The highest BCUT2D eigenvalue weighted by Gasteiger charge is 2.44. The first-order valence-electron chi connectivity index (χ1n) is 25.3. The van der Waals surface area contributed by atoms with E-state index in [1.807, 2.05) is 0 Å². The lowest BCUT2D eigenvalue weighted by Gasteiger charge is -2.25. The average molecular weight is 1380 g/mol. The molecule has 39 nitrogen and oxygen atoms in total. The van der Waals surface area contributed by atoms with Gasteiger partial charge in [0, 0.05) is 30.3 Å². The van der Waals surface area contributed by atoms with E-state index in [-0.39, 0.29) is 74.2 Å². The Morgan fingerprint density at radius 1 is 0.600 bits per heavy atom. The fourth-order valence-corrected chi connectivity index (χ4v) is 12.9. The van der Waals surface area contributed by atoms with Gasteiger partial charge in [0.15, 0.2) is 17.7 Å². The quantitative estimate of drug-likeness (QED) is 0.0287. The van der Waals surface area contributed by atoms with Crippen LogP contribution in [0.25, 0.3) is 11.2 Å². The van der Waals surface area contributed by atoms with Gasteiger partial charge in [0.2, 0.25) is 5.95 Å². The van der Waals surface area contributed by atoms with E-state index in [1.54, 1.807) is 13.8 Å². The number of aliphatic hydroxyl groups excluding tert-OH is 1. The molecule has 0 radical (unpaired) electrons. The first-order chi connectivity index (χ1) is 39.6. The third-order valence-electron chi connectivity index (χ3n) is 11.3. The number of hydrogen-bond acceptors (Lipinski definition) is 29. The predicted molar refractivity (Wildman–Crippen MR) is 292 cm³/mol. The number of nitrogens with zero attached hydrogens (tertiary/aromatic N) is 4. The van der Waals surface area contributed by atoms with Crippen LogP contribution in [0.3, 0.4) is 0 Å². The van der Waals surface area contributed by atoms with Crippen LogP contribution in [0.5, 0.6) is 0 Å². The molecule has 0 amide bonds. The van der Waals surface area contributed by atoms with Gasteiger partial charge in [-0.3, -0.25) is 83.0 Å². The molecule has 12 N–H and O–H groups in total. The van der Waals surface area contributed by atoms with E-state index in [1.165, 1.54) is 24.0 Å². The van der Waals surface area contributed by atoms with E-state index in [0.717, 1.165) is 4.57 Å². The number of H-pyrrole nitrogens is 2. The Bertz CT molecular complexity index is 3210. The molecular weight excluding hydrogens is 1320 g/mol. The monoisotopic (exact) mass is 1380 g/mol. The van der Waals surface area contributed by atoms with Crippen molar-refractivity contribution in [1.82, 2.24) is 29.1 Å². The number of phosphoric acid groups is 6. The summed E-state index contributed by atoms with van der Waals surface area (Å²) < 4.78 is 152. The van der Waals surface area contributed by atoms with Crippen molar-refractivity contribution in [2.45, 2.75) is 108 Å². The molecule has 0 saturated carbocycles. The highest BCUT2D eigenvalue weighted by atomic mass is 32.5. The van der Waals surface area contributed by atoms with Gasteiger partial charge >= 0.3 is 52.6 Å². The predicted octanol–water partition coefficient (Wildman–Crippen LogP) is 2.34. The normalized spacial score (nSPS) is 24.3. The van der Waals surface area contributed by atoms with Crippen molar-refractivity contribution in [2.75, 3.05) is 85.0 Å². The number of fused-ring (bicyclic) bond motifs is 1. The van der Waals surface area contributed by atoms with Gasteiger partial charge in [-0.05, 0) is 50.8 Å². The van der Waals surface area contributed by atoms with Crippen LogP contribution in [0.1, 0.15) is 76.8 Å². The van der Waals surface area contributed by atoms with Gasteiger partial charge in [0.05, 0.1) is 91.7 Å². The smallest absolute Gasteiger partial charge is 0.390 e. The molecule has 3 aromatic heterocycles. The maximum absolute atomic E-state index is 13.0. The summed E-state index contributed by atoms with van der Waals surface area (Å²) in [6.07, 6.45) is -5.55. The maximum Gasteiger partial charge on any atom is 0.472 e. The number of aromatic amines is 2. The second kappa shape index (κ2) is 32.8. The Hall–Kier alpha value is -2.06. The van der Waals surface area contributed by atoms with E-state index in [2.05, 4.69) is 19.9 Å². The standard InChI is InChI=1S/C38H68N7O32P7S/c1-25(2)78(50,85)73-23-30-28(20-32(76-30)45-24-40-33-34(45)41-37(39)42-36(33)48)77-84(61,62)72-18-8-16-70-82(57,58)68-14-6-12-66-80(53,54)64-10-4-9-63-79(51,52)65-11-5-13-67-81(55,56)69-15-7-17-71-83(59,60)74-22-29-27(46)19-31(75-29)44-21-26(3)35(47)43-38(44)49/h21,24-25,27-32,46H,4-20,22-23H2,1-3H3,(H,50,85)(H,51,52)(H,53,54)(H,55,56)(H,57,58)(H,59,60)(H,61,62)(H,43,47,49)(H3,39,41,42,48)/t27?,28?,29-,30?,31-,32?,78?/m0/s1. The maximum atomic E-state index is 13.0. The molecule has 2 saturated heterocycles. The lowest BCUT2D eigenvalue weighted by molar-refractivity contribution is -0.0466. The number of aliphatic hydroxyl groups is 1. The van der Waals surface area contributed by atoms with Gasteiger partial charge in [-0.2, -0.15) is 4.98 Å². The molecular formula is C38H68N7O32P7S. The Labute approximate surface area is 487 Å². The molecule has 13 atom stereocenters. The zero-order chi connectivity index (χ0) is 63.0. The van der Waals surface area contributed by atoms with E-state index >= 15 is 0 Å². The number of nitrogens with one attached hydrogen (secondary N) is 2. The van der Waals surface area contributed by atoms with Crippen molar-refractivity contribution < 1.29 is 135 Å². The summed E-state index contributed by atoms with van der Waals surface area (Å²) in [7, 11) is -28.4. The molecule has 5 rings (SSSR count). The fourth-order valence-electron chi connectivity index (χ4n) is 7.10. The van der Waals surface area contributed by atoms with Crippen LogP contribution in [-0.4, -0.2) is 178 Å². The summed E-state index contributed by atoms with van der Waals surface area (Å²) in [5.74, 6) is -0.210. The Morgan fingerprint density at radius 2 is 1.00 bits per heavy atom. The fraction of sp³-hybridized carbons (Fsp3) is 0.763. The number of hydrogen-bond donors (Lipinski definition) is 11. The highest BCUT2D eigenvalue weighted by Crippen LogP contribution is 2.52. The van der Waals surface area contributed by atoms with Crippen molar-refractivity contribution in [3.8, 4) is 0 Å². The zero-order valence-electron chi connectivity index (χ0n) is 45.4. The summed E-state index contributed by atoms with van der Waals surface area (Å²) >= 11 is 5.19. The first-order valence-corrected chi connectivity index (χ1v) is 37.0. The Balaban J connectivity index is 0.861. The molecule has 0 spiro atoms. The summed E-state index contributed by atoms with van der Waals surface area (Å²) in [5, 5.41) is 10.3. The van der Waals surface area contributed by atoms with Crippen LogP contribution in [0.15, 0.2) is 26.9 Å². The number of imidazole rings is 1. The number of aromatic nitrogens is 6. The third-order valence-corrected chi connectivity index (χ3v) is 20.8. The Kier molecular flexibility index (Phi) is 28.4. The van der Waals surface area contributed by atoms with E-state index in [0.29, 0.717) is 0 Å². The summed E-state index contributed by atoms with van der Waals surface area (Å²) in [6.45, 7) is -4.76. The highest BCUT2D eigenvalue weighted by molar-refractivity contribution is 8.09. The van der Waals surface area contributed by atoms with Gasteiger partial charge in [-0.15, -0.1) is 0 Å². The lowest BCUT2D eigenvalue weighted by Crippen LogP contribution is -2.33. The van der Waals surface area contributed by atoms with Crippen LogP contribution in [0.2, 0.25) is 0 Å². The van der Waals surface area contributed by atoms with Crippen molar-refractivity contribution in [3.05, 3.63) is 49.3 Å². The molecule has 0 bridgehead atoms. The van der Waals surface area contributed by atoms with Crippen molar-refractivity contribution in [1.29, 1.82) is 0 Å². The molecule has 2 aliphatic heterocycles. The second-order valence-electron chi connectivity index (χ2n) is 18.4. The second-order valence-corrected chi connectivity index (χ2v) is 31.0. The minimum atomic E-state index is -4.89. The number of nitrogens with two attached hydrogens (primary N) is 1. The molecule has 85 heavy (non-hydrogen) atoms. The van der Waals surface area contributed by atoms with E-state index in [4.69, 9.17) is 85.8 Å². The molecule has 11 unspecified atom stereocenters. The molecule has 2 aliphatic rings. The van der Waals surface area contributed by atoms with Gasteiger partial charge in [-0.25, -0.2) is 37.2 Å². The lowest BCUT2D eigenvalue weighted by atomic mass is 10.2. The topological polar surface area (TPSA) is 547 Å². The molecule has 3 aromatic rings. The van der Waals surface area contributed by atoms with E-state index in [9.17, 15) is 81.1 Å². The number of ether oxygens (including phenoxy) is 2. The molecule has 47 heteroatoms. The number of aryl methyl sites for hydroxylation is 1. The van der Waals surface area contributed by atoms with Crippen LogP contribution in [0.4, 0.5) is 5.95 Å². The summed E-state index contributed by atoms with van der Waals surface area (Å²) in [5.41, 5.74) is 3.42. The van der Waals surface area contributed by atoms with Crippen molar-refractivity contribution >= 4 is 82.3 Å². The average Bonchev–Trinajstić information content (AvgIpc) is 2.56. The molecule has 488 valence electrons. The number of anilines is 1. The van der Waals surface area contributed by atoms with Gasteiger partial charge in [-0.1, -0.05) is 13.8 Å². The van der Waals surface area contributed by atoms with Crippen LogP contribution in [-0.2, 0) is 107 Å². The minimum Gasteiger partial charge on any atom is -0.390 e. The first kappa shape index (κ1) is 73.7. The third kappa shape index (κ3) is 25.3. The number of nitrogen functional groups attached to an aromatic ring is 1. The van der Waals surface area contributed by atoms with Crippen LogP contribution in [0, 0.1) is 6.92 Å². The summed E-state index contributed by atoms with van der Waals surface area (Å²) in [4.78, 5) is 119. The number of rotatable bonds is 41. The SMILES string of the molecule is Cc1cn([C@@H]2CC(O)[C@H](COP(=O)(O)OCCCOP(=O)(O)OCCCOP(=O)(O)OCCCOP(=O)(O)OCCCOP(=O)(O)OCCCOP(=O)(O)OC3CC(n4cnc5c(=O)[nH]c(N)nc54)OC3COP(O)(=S)C(C)C)O2)c(=O)[nH]c1=O. The number of phosphoric ester groups is 6. The van der Waals surface area contributed by atoms with Crippen LogP contribution < -0.4 is 22.5 Å². The van der Waals surface area contributed by atoms with E-state index < -0.39 is 185 Å². The van der Waals surface area contributed by atoms with Gasteiger partial charge in [0.1, 0.15) is 30.8 Å². The Morgan fingerprint density at radius 3 is 1.45 bits per heavy atom. The largest absolute Gasteiger partial charge is 0.472 e. The van der Waals surface area contributed by atoms with Crippen molar-refractivity contribution in [2.24, 2.45) is 0 Å². The van der Waals surface area contributed by atoms with Gasteiger partial charge < -0.3 is 59.1 Å². The molecule has 0 aliphatic carbocycles. The molecule has 2 fully saturated rings. The zero-order valence-corrected chi connectivity index (χ0v) is 52.5. The van der Waals surface area contributed by atoms with Gasteiger partial charge in [0.25, 0.3) is 11.1 Å². The summed E-state index contributed by atoms with van der Waals surface area (Å²) in [6, 6.07) is 0. The molecule has 0 aromatic carbocycles. The van der Waals surface area contributed by atoms with Crippen LogP contribution >= 0.6 is 53.4 Å². The van der Waals surface area contributed by atoms with Crippen molar-refractivity contribution in [3.63, 3.8) is 0 Å².